The smallest absolute Gasteiger partial charge is 0.284 e. The molecule has 0 bridgehead atoms. The topological polar surface area (TPSA) is 59.9 Å². The van der Waals surface area contributed by atoms with E-state index >= 15 is 0 Å². The Morgan fingerprint density at radius 2 is 1.87 bits per heavy atom. The highest BCUT2D eigenvalue weighted by molar-refractivity contribution is 14.1. The molecule has 1 amide bonds. The van der Waals surface area contributed by atoms with Gasteiger partial charge in [0.1, 0.15) is 6.61 Å². The summed E-state index contributed by atoms with van der Waals surface area (Å²) in [6.45, 7) is 2.01. The van der Waals surface area contributed by atoms with Crippen LogP contribution < -0.4 is 14.9 Å². The van der Waals surface area contributed by atoms with E-state index in [1.807, 2.05) is 49.4 Å². The molecule has 2 aromatic rings. The SMILES string of the molecule is C/C(=N/NC(=O)[C@@H]1COc2ccccc2O1)c1ccc(I)cc1. The normalized spacial score (nSPS) is 16.8. The van der Waals surface area contributed by atoms with Gasteiger partial charge in [0.2, 0.25) is 6.10 Å². The van der Waals surface area contributed by atoms with E-state index in [9.17, 15) is 4.79 Å². The van der Waals surface area contributed by atoms with Gasteiger partial charge in [-0.25, -0.2) is 5.43 Å². The Morgan fingerprint density at radius 3 is 2.61 bits per heavy atom. The molecule has 1 aliphatic heterocycles. The number of hydrazone groups is 1. The molecule has 0 saturated heterocycles. The monoisotopic (exact) mass is 422 g/mol. The van der Waals surface area contributed by atoms with Gasteiger partial charge < -0.3 is 9.47 Å². The zero-order chi connectivity index (χ0) is 16.2. The lowest BCUT2D eigenvalue weighted by Gasteiger charge is -2.24. The van der Waals surface area contributed by atoms with Crippen LogP contribution in [0.3, 0.4) is 0 Å². The zero-order valence-electron chi connectivity index (χ0n) is 12.5. The molecule has 0 aromatic heterocycles. The molecule has 118 valence electrons. The molecule has 0 radical (unpaired) electrons. The van der Waals surface area contributed by atoms with E-state index in [2.05, 4.69) is 33.1 Å². The van der Waals surface area contributed by atoms with Crippen molar-refractivity contribution in [2.75, 3.05) is 6.61 Å². The van der Waals surface area contributed by atoms with Gasteiger partial charge in [-0.15, -0.1) is 0 Å². The lowest BCUT2D eigenvalue weighted by atomic mass is 10.1. The van der Waals surface area contributed by atoms with E-state index in [1.165, 1.54) is 0 Å². The number of fused-ring (bicyclic) bond motifs is 1. The lowest BCUT2D eigenvalue weighted by molar-refractivity contribution is -0.130. The van der Waals surface area contributed by atoms with E-state index in [-0.39, 0.29) is 12.5 Å². The number of carbonyl (C=O) groups excluding carboxylic acids is 1. The van der Waals surface area contributed by atoms with E-state index in [1.54, 1.807) is 6.07 Å². The highest BCUT2D eigenvalue weighted by Crippen LogP contribution is 2.30. The first kappa shape index (κ1) is 15.8. The summed E-state index contributed by atoms with van der Waals surface area (Å²) >= 11 is 2.24. The number of nitrogens with zero attached hydrogens (tertiary/aromatic N) is 1. The lowest BCUT2D eigenvalue weighted by Crippen LogP contribution is -2.42. The Balaban J connectivity index is 1.63. The van der Waals surface area contributed by atoms with Gasteiger partial charge in [0.15, 0.2) is 11.5 Å². The predicted octanol–water partition coefficient (Wildman–Crippen LogP) is 2.97. The molecule has 23 heavy (non-hydrogen) atoms. The van der Waals surface area contributed by atoms with E-state index in [0.29, 0.717) is 11.5 Å². The Labute approximate surface area is 147 Å². The maximum atomic E-state index is 12.2. The standard InChI is InChI=1S/C17H15IN2O3/c1-11(12-6-8-13(18)9-7-12)19-20-17(21)16-10-22-14-4-2-3-5-15(14)23-16/h2-9,16H,10H2,1H3,(H,20,21)/b19-11-/t16-/m0/s1. The second kappa shape index (κ2) is 6.99. The molecular formula is C17H15IN2O3. The van der Waals surface area contributed by atoms with Gasteiger partial charge in [0, 0.05) is 3.57 Å². The van der Waals surface area contributed by atoms with Crippen LogP contribution in [0.4, 0.5) is 0 Å². The Bertz CT molecular complexity index is 744. The fourth-order valence-corrected chi connectivity index (χ4v) is 2.47. The zero-order valence-corrected chi connectivity index (χ0v) is 14.6. The largest absolute Gasteiger partial charge is 0.485 e. The van der Waals surface area contributed by atoms with Gasteiger partial charge in [0.25, 0.3) is 5.91 Å². The van der Waals surface area contributed by atoms with Crippen molar-refractivity contribution in [3.63, 3.8) is 0 Å². The van der Waals surface area contributed by atoms with E-state index in [4.69, 9.17) is 9.47 Å². The van der Waals surface area contributed by atoms with Gasteiger partial charge in [-0.2, -0.15) is 5.10 Å². The molecule has 0 unspecified atom stereocenters. The molecule has 1 atom stereocenters. The molecule has 2 aromatic carbocycles. The highest BCUT2D eigenvalue weighted by Gasteiger charge is 2.27. The van der Waals surface area contributed by atoms with Crippen LogP contribution >= 0.6 is 22.6 Å². The number of amides is 1. The second-order valence-electron chi connectivity index (χ2n) is 5.04. The van der Waals surface area contributed by atoms with Gasteiger partial charge in [0.05, 0.1) is 5.71 Å². The predicted molar refractivity (Wildman–Crippen MR) is 95.9 cm³/mol. The summed E-state index contributed by atoms with van der Waals surface area (Å²) in [4.78, 5) is 12.2. The minimum absolute atomic E-state index is 0.168. The minimum Gasteiger partial charge on any atom is -0.485 e. The number of hydrogen-bond acceptors (Lipinski definition) is 4. The average molecular weight is 422 g/mol. The van der Waals surface area contributed by atoms with Crippen molar-refractivity contribution in [1.82, 2.24) is 5.43 Å². The molecule has 5 nitrogen and oxygen atoms in total. The summed E-state index contributed by atoms with van der Waals surface area (Å²) in [5.74, 6) is 0.886. The summed E-state index contributed by atoms with van der Waals surface area (Å²) in [6, 6.07) is 15.2. The number of carbonyl (C=O) groups is 1. The molecule has 0 spiro atoms. The van der Waals surface area contributed by atoms with E-state index in [0.717, 1.165) is 14.8 Å². The first-order valence-electron chi connectivity index (χ1n) is 7.12. The summed E-state index contributed by atoms with van der Waals surface area (Å²) in [6.07, 6.45) is -0.710. The van der Waals surface area contributed by atoms with Crippen molar-refractivity contribution in [1.29, 1.82) is 0 Å². The van der Waals surface area contributed by atoms with Crippen molar-refractivity contribution in [2.24, 2.45) is 5.10 Å². The third-order valence-corrected chi connectivity index (χ3v) is 4.12. The first-order valence-corrected chi connectivity index (χ1v) is 8.20. The quantitative estimate of drug-likeness (QED) is 0.470. The summed E-state index contributed by atoms with van der Waals surface area (Å²) < 4.78 is 12.3. The van der Waals surface area contributed by atoms with Crippen LogP contribution in [-0.4, -0.2) is 24.3 Å². The van der Waals surface area contributed by atoms with Crippen molar-refractivity contribution in [3.8, 4) is 11.5 Å². The van der Waals surface area contributed by atoms with Crippen molar-refractivity contribution >= 4 is 34.2 Å². The summed E-state index contributed by atoms with van der Waals surface area (Å²) in [5, 5.41) is 4.13. The van der Waals surface area contributed by atoms with Gasteiger partial charge in [-0.05, 0) is 59.3 Å². The number of nitrogens with one attached hydrogen (secondary N) is 1. The summed E-state index contributed by atoms with van der Waals surface area (Å²) in [7, 11) is 0. The average Bonchev–Trinajstić information content (AvgIpc) is 2.59. The van der Waals surface area contributed by atoms with Crippen LogP contribution in [0.15, 0.2) is 53.6 Å². The number of para-hydroxylation sites is 2. The second-order valence-corrected chi connectivity index (χ2v) is 6.29. The summed E-state index contributed by atoms with van der Waals surface area (Å²) in [5.41, 5.74) is 4.22. The van der Waals surface area contributed by atoms with Crippen LogP contribution in [0.5, 0.6) is 11.5 Å². The van der Waals surface area contributed by atoms with Crippen LogP contribution in [0.1, 0.15) is 12.5 Å². The Kier molecular flexibility index (Phi) is 4.80. The molecule has 1 heterocycles. The maximum Gasteiger partial charge on any atom is 0.284 e. The number of ether oxygens (including phenoxy) is 2. The fraction of sp³-hybridized carbons (Fsp3) is 0.176. The molecule has 0 aliphatic carbocycles. The number of benzene rings is 2. The number of rotatable bonds is 3. The highest BCUT2D eigenvalue weighted by atomic mass is 127. The van der Waals surface area contributed by atoms with Crippen LogP contribution in [-0.2, 0) is 4.79 Å². The molecule has 6 heteroatoms. The molecule has 0 saturated carbocycles. The number of halogens is 1. The number of hydrogen-bond donors (Lipinski definition) is 1. The van der Waals surface area contributed by atoms with Gasteiger partial charge >= 0.3 is 0 Å². The van der Waals surface area contributed by atoms with Crippen molar-refractivity contribution in [3.05, 3.63) is 57.7 Å². The van der Waals surface area contributed by atoms with Crippen LogP contribution in [0.25, 0.3) is 0 Å². The van der Waals surface area contributed by atoms with E-state index < -0.39 is 6.10 Å². The first-order chi connectivity index (χ1) is 11.1. The third kappa shape index (κ3) is 3.82. The fourth-order valence-electron chi connectivity index (χ4n) is 2.12. The van der Waals surface area contributed by atoms with Crippen molar-refractivity contribution < 1.29 is 14.3 Å². The van der Waals surface area contributed by atoms with Crippen molar-refractivity contribution in [2.45, 2.75) is 13.0 Å². The Morgan fingerprint density at radius 1 is 1.17 bits per heavy atom. The molecule has 1 N–H and O–H groups in total. The van der Waals surface area contributed by atoms with Crippen LogP contribution in [0, 0.1) is 3.57 Å². The van der Waals surface area contributed by atoms with Gasteiger partial charge in [-0.1, -0.05) is 24.3 Å². The molecule has 1 aliphatic rings. The molecule has 3 rings (SSSR count). The van der Waals surface area contributed by atoms with Crippen LogP contribution in [0.2, 0.25) is 0 Å². The third-order valence-electron chi connectivity index (χ3n) is 3.40. The maximum absolute atomic E-state index is 12.2. The minimum atomic E-state index is -0.710. The Hall–Kier alpha value is -2.09. The molecule has 0 fully saturated rings. The van der Waals surface area contributed by atoms with Gasteiger partial charge in [-0.3, -0.25) is 4.79 Å². The molecular weight excluding hydrogens is 407 g/mol.